The molecule has 1 heterocycles. The average Bonchev–Trinajstić information content (AvgIpc) is 2.50. The first-order valence-electron chi connectivity index (χ1n) is 6.79. The van der Waals surface area contributed by atoms with Crippen LogP contribution in [0.5, 0.6) is 5.75 Å². The third-order valence-electron chi connectivity index (χ3n) is 3.79. The number of hydrogen-bond acceptors (Lipinski definition) is 4. The highest BCUT2D eigenvalue weighted by atomic mass is 16.3. The van der Waals surface area contributed by atoms with Crippen LogP contribution in [0.2, 0.25) is 0 Å². The third-order valence-corrected chi connectivity index (χ3v) is 3.79. The summed E-state index contributed by atoms with van der Waals surface area (Å²) < 4.78 is 0. The van der Waals surface area contributed by atoms with Crippen molar-refractivity contribution in [1.29, 1.82) is 0 Å². The number of fused-ring (bicyclic) bond motifs is 1. The second kappa shape index (κ2) is 5.01. The lowest BCUT2D eigenvalue weighted by Crippen LogP contribution is -2.42. The quantitative estimate of drug-likeness (QED) is 0.621. The molecule has 5 heteroatoms. The SMILES string of the molecule is CN1CCN(C(=O)c2cccc(N)c2O)c2ccccc21. The molecule has 0 aliphatic carbocycles. The average molecular weight is 283 g/mol. The van der Waals surface area contributed by atoms with Crippen LogP contribution in [0.4, 0.5) is 17.1 Å². The number of carbonyl (C=O) groups is 1. The fraction of sp³-hybridized carbons (Fsp3) is 0.188. The molecular formula is C16H17N3O2. The van der Waals surface area contributed by atoms with Crippen molar-refractivity contribution < 1.29 is 9.90 Å². The monoisotopic (exact) mass is 283 g/mol. The van der Waals surface area contributed by atoms with Crippen molar-refractivity contribution >= 4 is 23.0 Å². The topological polar surface area (TPSA) is 69.8 Å². The number of aromatic hydroxyl groups is 1. The second-order valence-electron chi connectivity index (χ2n) is 5.11. The first-order valence-corrected chi connectivity index (χ1v) is 6.79. The van der Waals surface area contributed by atoms with E-state index in [9.17, 15) is 9.90 Å². The summed E-state index contributed by atoms with van der Waals surface area (Å²) in [5.74, 6) is -0.390. The molecule has 1 aliphatic heterocycles. The molecule has 108 valence electrons. The van der Waals surface area contributed by atoms with E-state index in [0.29, 0.717) is 6.54 Å². The van der Waals surface area contributed by atoms with Gasteiger partial charge in [-0.1, -0.05) is 18.2 Å². The molecule has 3 rings (SSSR count). The van der Waals surface area contributed by atoms with Gasteiger partial charge in [0.2, 0.25) is 0 Å². The van der Waals surface area contributed by atoms with Crippen molar-refractivity contribution in [3.63, 3.8) is 0 Å². The van der Waals surface area contributed by atoms with Gasteiger partial charge in [0.1, 0.15) is 0 Å². The Labute approximate surface area is 123 Å². The summed E-state index contributed by atoms with van der Waals surface area (Å²) >= 11 is 0. The zero-order valence-electron chi connectivity index (χ0n) is 11.8. The Morgan fingerprint density at radius 2 is 1.81 bits per heavy atom. The number of carbonyl (C=O) groups excluding carboxylic acids is 1. The molecule has 3 N–H and O–H groups in total. The molecule has 2 aromatic rings. The number of nitrogen functional groups attached to an aromatic ring is 1. The first-order chi connectivity index (χ1) is 10.1. The predicted molar refractivity (Wildman–Crippen MR) is 83.9 cm³/mol. The Morgan fingerprint density at radius 3 is 2.57 bits per heavy atom. The molecule has 0 aromatic heterocycles. The lowest BCUT2D eigenvalue weighted by atomic mass is 10.1. The molecule has 1 amide bonds. The van der Waals surface area contributed by atoms with E-state index in [-0.39, 0.29) is 22.9 Å². The lowest BCUT2D eigenvalue weighted by Gasteiger charge is -2.35. The number of para-hydroxylation sites is 3. The van der Waals surface area contributed by atoms with E-state index in [1.807, 2.05) is 31.3 Å². The van der Waals surface area contributed by atoms with Crippen LogP contribution in [0.25, 0.3) is 0 Å². The van der Waals surface area contributed by atoms with Gasteiger partial charge in [0.05, 0.1) is 22.6 Å². The highest BCUT2D eigenvalue weighted by molar-refractivity contribution is 6.10. The summed E-state index contributed by atoms with van der Waals surface area (Å²) in [6.07, 6.45) is 0. The minimum Gasteiger partial charge on any atom is -0.505 e. The molecule has 0 atom stereocenters. The summed E-state index contributed by atoms with van der Waals surface area (Å²) in [6, 6.07) is 12.6. The van der Waals surface area contributed by atoms with E-state index in [1.165, 1.54) is 0 Å². The smallest absolute Gasteiger partial charge is 0.262 e. The van der Waals surface area contributed by atoms with E-state index in [2.05, 4.69) is 4.90 Å². The Kier molecular flexibility index (Phi) is 3.17. The van der Waals surface area contributed by atoms with Gasteiger partial charge in [-0.2, -0.15) is 0 Å². The number of benzene rings is 2. The van der Waals surface area contributed by atoms with E-state index in [1.54, 1.807) is 23.1 Å². The molecule has 0 unspecified atom stereocenters. The van der Waals surface area contributed by atoms with Gasteiger partial charge in [-0.15, -0.1) is 0 Å². The van der Waals surface area contributed by atoms with Gasteiger partial charge >= 0.3 is 0 Å². The van der Waals surface area contributed by atoms with Crippen molar-refractivity contribution in [2.24, 2.45) is 0 Å². The molecule has 0 fully saturated rings. The Balaban J connectivity index is 2.03. The van der Waals surface area contributed by atoms with E-state index in [4.69, 9.17) is 5.73 Å². The number of likely N-dealkylation sites (N-methyl/N-ethyl adjacent to an activating group) is 1. The minimum absolute atomic E-state index is 0.154. The number of rotatable bonds is 1. The van der Waals surface area contributed by atoms with Crippen LogP contribution in [-0.2, 0) is 0 Å². The minimum atomic E-state index is -0.236. The molecule has 21 heavy (non-hydrogen) atoms. The summed E-state index contributed by atoms with van der Waals surface area (Å²) in [4.78, 5) is 16.5. The molecule has 2 aromatic carbocycles. The van der Waals surface area contributed by atoms with Crippen LogP contribution in [0, 0.1) is 0 Å². The van der Waals surface area contributed by atoms with Crippen LogP contribution in [0.15, 0.2) is 42.5 Å². The molecule has 0 saturated carbocycles. The normalized spacial score (nSPS) is 14.0. The molecule has 5 nitrogen and oxygen atoms in total. The fourth-order valence-corrected chi connectivity index (χ4v) is 2.60. The van der Waals surface area contributed by atoms with Crippen LogP contribution in [-0.4, -0.2) is 31.2 Å². The number of phenols is 1. The Bertz CT molecular complexity index is 700. The van der Waals surface area contributed by atoms with E-state index >= 15 is 0 Å². The molecule has 1 aliphatic rings. The maximum Gasteiger partial charge on any atom is 0.262 e. The van der Waals surface area contributed by atoms with Crippen molar-refractivity contribution in [3.8, 4) is 5.75 Å². The fourth-order valence-electron chi connectivity index (χ4n) is 2.60. The zero-order chi connectivity index (χ0) is 15.0. The largest absolute Gasteiger partial charge is 0.505 e. The van der Waals surface area contributed by atoms with Crippen LogP contribution in [0.3, 0.4) is 0 Å². The molecule has 0 saturated heterocycles. The van der Waals surface area contributed by atoms with Crippen molar-refractivity contribution in [1.82, 2.24) is 0 Å². The third kappa shape index (κ3) is 2.16. The van der Waals surface area contributed by atoms with Gasteiger partial charge in [-0.05, 0) is 24.3 Å². The second-order valence-corrected chi connectivity index (χ2v) is 5.11. The van der Waals surface area contributed by atoms with Gasteiger partial charge < -0.3 is 20.6 Å². The maximum atomic E-state index is 12.7. The molecule has 0 bridgehead atoms. The first kappa shape index (κ1) is 13.3. The maximum absolute atomic E-state index is 12.7. The van der Waals surface area contributed by atoms with Gasteiger partial charge in [0, 0.05) is 20.1 Å². The standard InChI is InChI=1S/C16H17N3O2/c1-18-9-10-19(14-8-3-2-7-13(14)18)16(21)11-5-4-6-12(17)15(11)20/h2-8,20H,9-10,17H2,1H3. The number of nitrogens with two attached hydrogens (primary N) is 1. The summed E-state index contributed by atoms with van der Waals surface area (Å²) in [7, 11) is 2.00. The molecular weight excluding hydrogens is 266 g/mol. The van der Waals surface area contributed by atoms with E-state index in [0.717, 1.165) is 17.9 Å². The summed E-state index contributed by atoms with van der Waals surface area (Å²) in [5, 5.41) is 10.0. The number of nitrogens with zero attached hydrogens (tertiary/aromatic N) is 2. The van der Waals surface area contributed by atoms with E-state index < -0.39 is 0 Å². The van der Waals surface area contributed by atoms with Crippen LogP contribution in [0.1, 0.15) is 10.4 Å². The number of anilines is 3. The van der Waals surface area contributed by atoms with Gasteiger partial charge in [0.25, 0.3) is 5.91 Å². The van der Waals surface area contributed by atoms with Crippen LogP contribution < -0.4 is 15.5 Å². The van der Waals surface area contributed by atoms with Crippen molar-refractivity contribution in [2.75, 3.05) is 35.7 Å². The number of phenolic OH excluding ortho intramolecular Hbond substituents is 1. The van der Waals surface area contributed by atoms with Gasteiger partial charge in [-0.25, -0.2) is 0 Å². The molecule has 0 spiro atoms. The van der Waals surface area contributed by atoms with Crippen molar-refractivity contribution in [3.05, 3.63) is 48.0 Å². The van der Waals surface area contributed by atoms with Gasteiger partial charge in [-0.3, -0.25) is 4.79 Å². The van der Waals surface area contributed by atoms with Crippen LogP contribution >= 0.6 is 0 Å². The Hall–Kier alpha value is -2.69. The molecule has 0 radical (unpaired) electrons. The predicted octanol–water partition coefficient (Wildman–Crippen LogP) is 2.07. The summed E-state index contributed by atoms with van der Waals surface area (Å²) in [5.41, 5.74) is 7.96. The lowest BCUT2D eigenvalue weighted by molar-refractivity contribution is 0.0984. The highest BCUT2D eigenvalue weighted by Crippen LogP contribution is 2.34. The summed E-state index contributed by atoms with van der Waals surface area (Å²) in [6.45, 7) is 1.31. The Morgan fingerprint density at radius 1 is 1.10 bits per heavy atom. The highest BCUT2D eigenvalue weighted by Gasteiger charge is 2.27. The number of amides is 1. The van der Waals surface area contributed by atoms with Crippen molar-refractivity contribution in [2.45, 2.75) is 0 Å². The van der Waals surface area contributed by atoms with Gasteiger partial charge in [0.15, 0.2) is 5.75 Å². The zero-order valence-corrected chi connectivity index (χ0v) is 11.8. The number of hydrogen-bond donors (Lipinski definition) is 2.